The van der Waals surface area contributed by atoms with Crippen LogP contribution in [0.15, 0.2) is 24.3 Å². The maximum Gasteiger partial charge on any atom is 0.119 e. The number of hydrogen-bond donors (Lipinski definition) is 1. The van der Waals surface area contributed by atoms with Crippen LogP contribution in [-0.2, 0) is 4.74 Å². The van der Waals surface area contributed by atoms with Gasteiger partial charge in [-0.15, -0.1) is 0 Å². The van der Waals surface area contributed by atoms with Crippen molar-refractivity contribution in [3.8, 4) is 5.75 Å². The van der Waals surface area contributed by atoms with E-state index >= 15 is 0 Å². The van der Waals surface area contributed by atoms with Crippen LogP contribution in [0, 0.1) is 0 Å². The number of hydrogen-bond acceptors (Lipinski definition) is 3. The molecule has 0 heterocycles. The standard InChI is InChI=1S/C13H20O3/c1-13(2,16-4)9-12(14)10-6-5-7-11(8-10)15-3/h5-8,12,14H,9H2,1-4H3. The first-order valence-corrected chi connectivity index (χ1v) is 5.35. The molecule has 1 aromatic carbocycles. The van der Waals surface area contributed by atoms with Gasteiger partial charge in [0.05, 0.1) is 18.8 Å². The zero-order valence-electron chi connectivity index (χ0n) is 10.4. The quantitative estimate of drug-likeness (QED) is 0.835. The van der Waals surface area contributed by atoms with Gasteiger partial charge in [0.2, 0.25) is 0 Å². The summed E-state index contributed by atoms with van der Waals surface area (Å²) in [5.74, 6) is 0.756. The van der Waals surface area contributed by atoms with Gasteiger partial charge in [-0.3, -0.25) is 0 Å². The molecule has 0 aliphatic rings. The molecule has 1 rings (SSSR count). The molecule has 0 spiro atoms. The van der Waals surface area contributed by atoms with Crippen LogP contribution < -0.4 is 4.74 Å². The summed E-state index contributed by atoms with van der Waals surface area (Å²) in [4.78, 5) is 0. The third-order valence-corrected chi connectivity index (χ3v) is 2.72. The second kappa shape index (κ2) is 5.32. The molecule has 16 heavy (non-hydrogen) atoms. The van der Waals surface area contributed by atoms with E-state index in [0.717, 1.165) is 11.3 Å². The molecule has 0 aromatic heterocycles. The minimum atomic E-state index is -0.537. The first-order valence-electron chi connectivity index (χ1n) is 5.35. The molecular weight excluding hydrogens is 204 g/mol. The SMILES string of the molecule is COc1cccc(C(O)CC(C)(C)OC)c1. The van der Waals surface area contributed by atoms with Crippen LogP contribution in [0.4, 0.5) is 0 Å². The van der Waals surface area contributed by atoms with Gasteiger partial charge in [0, 0.05) is 13.5 Å². The van der Waals surface area contributed by atoms with E-state index in [0.29, 0.717) is 6.42 Å². The second-order valence-electron chi connectivity index (χ2n) is 4.46. The number of rotatable bonds is 5. The highest BCUT2D eigenvalue weighted by atomic mass is 16.5. The van der Waals surface area contributed by atoms with Gasteiger partial charge in [-0.2, -0.15) is 0 Å². The lowest BCUT2D eigenvalue weighted by Crippen LogP contribution is -2.25. The summed E-state index contributed by atoms with van der Waals surface area (Å²) in [5, 5.41) is 10.1. The molecule has 1 unspecified atom stereocenters. The Balaban J connectivity index is 2.76. The van der Waals surface area contributed by atoms with Gasteiger partial charge in [-0.05, 0) is 31.5 Å². The van der Waals surface area contributed by atoms with Gasteiger partial charge >= 0.3 is 0 Å². The predicted molar refractivity (Wildman–Crippen MR) is 63.7 cm³/mol. The van der Waals surface area contributed by atoms with E-state index in [9.17, 15) is 5.11 Å². The molecule has 0 saturated heterocycles. The van der Waals surface area contributed by atoms with Crippen LogP contribution in [0.25, 0.3) is 0 Å². The Kier molecular flexibility index (Phi) is 4.33. The molecule has 0 aliphatic heterocycles. The minimum Gasteiger partial charge on any atom is -0.497 e. The summed E-state index contributed by atoms with van der Waals surface area (Å²) < 4.78 is 10.4. The Bertz CT molecular complexity index is 334. The first kappa shape index (κ1) is 13.0. The molecule has 1 atom stereocenters. The van der Waals surface area contributed by atoms with Crippen molar-refractivity contribution in [2.45, 2.75) is 32.0 Å². The number of ether oxygens (including phenoxy) is 2. The van der Waals surface area contributed by atoms with Gasteiger partial charge in [0.15, 0.2) is 0 Å². The van der Waals surface area contributed by atoms with Crippen molar-refractivity contribution in [2.75, 3.05) is 14.2 Å². The van der Waals surface area contributed by atoms with Gasteiger partial charge < -0.3 is 14.6 Å². The first-order chi connectivity index (χ1) is 7.48. The highest BCUT2D eigenvalue weighted by Gasteiger charge is 2.22. The maximum atomic E-state index is 10.1. The van der Waals surface area contributed by atoms with E-state index in [2.05, 4.69) is 0 Å². The summed E-state index contributed by atoms with van der Waals surface area (Å²) in [6, 6.07) is 7.46. The maximum absolute atomic E-state index is 10.1. The third-order valence-electron chi connectivity index (χ3n) is 2.72. The van der Waals surface area contributed by atoms with Crippen LogP contribution in [0.3, 0.4) is 0 Å². The summed E-state index contributed by atoms with van der Waals surface area (Å²) in [5.41, 5.74) is 0.521. The van der Waals surface area contributed by atoms with Crippen molar-refractivity contribution >= 4 is 0 Å². The predicted octanol–water partition coefficient (Wildman–Crippen LogP) is 2.54. The largest absolute Gasteiger partial charge is 0.497 e. The lowest BCUT2D eigenvalue weighted by molar-refractivity contribution is -0.0201. The Labute approximate surface area is 97.0 Å². The summed E-state index contributed by atoms with van der Waals surface area (Å²) in [7, 11) is 3.27. The van der Waals surface area contributed by atoms with Crippen molar-refractivity contribution in [1.29, 1.82) is 0 Å². The average Bonchev–Trinajstić information content (AvgIpc) is 2.28. The zero-order chi connectivity index (χ0) is 12.2. The van der Waals surface area contributed by atoms with Crippen molar-refractivity contribution < 1.29 is 14.6 Å². The average molecular weight is 224 g/mol. The lowest BCUT2D eigenvalue weighted by Gasteiger charge is -2.26. The van der Waals surface area contributed by atoms with E-state index in [1.807, 2.05) is 38.1 Å². The van der Waals surface area contributed by atoms with Crippen LogP contribution in [0.2, 0.25) is 0 Å². The van der Waals surface area contributed by atoms with Gasteiger partial charge in [0.25, 0.3) is 0 Å². The van der Waals surface area contributed by atoms with Crippen molar-refractivity contribution in [3.05, 3.63) is 29.8 Å². The molecule has 1 aromatic rings. The Morgan fingerprint density at radius 1 is 1.31 bits per heavy atom. The Morgan fingerprint density at radius 2 is 2.00 bits per heavy atom. The second-order valence-corrected chi connectivity index (χ2v) is 4.46. The zero-order valence-corrected chi connectivity index (χ0v) is 10.4. The third kappa shape index (κ3) is 3.51. The highest BCUT2D eigenvalue weighted by Crippen LogP contribution is 2.27. The number of aliphatic hydroxyl groups is 1. The molecular formula is C13H20O3. The van der Waals surface area contributed by atoms with E-state index in [4.69, 9.17) is 9.47 Å². The van der Waals surface area contributed by atoms with E-state index in [1.165, 1.54) is 0 Å². The molecule has 0 amide bonds. The van der Waals surface area contributed by atoms with Gasteiger partial charge in [-0.25, -0.2) is 0 Å². The smallest absolute Gasteiger partial charge is 0.119 e. The number of methoxy groups -OCH3 is 2. The molecule has 0 aliphatic carbocycles. The Hall–Kier alpha value is -1.06. The fourth-order valence-electron chi connectivity index (χ4n) is 1.52. The topological polar surface area (TPSA) is 38.7 Å². The summed E-state index contributed by atoms with van der Waals surface area (Å²) >= 11 is 0. The van der Waals surface area contributed by atoms with Crippen molar-refractivity contribution in [1.82, 2.24) is 0 Å². The molecule has 3 nitrogen and oxygen atoms in total. The Morgan fingerprint density at radius 3 is 2.56 bits per heavy atom. The highest BCUT2D eigenvalue weighted by molar-refractivity contribution is 5.29. The van der Waals surface area contributed by atoms with E-state index in [-0.39, 0.29) is 5.60 Å². The molecule has 0 fully saturated rings. The fourth-order valence-corrected chi connectivity index (χ4v) is 1.52. The summed E-state index contributed by atoms with van der Waals surface area (Å²) in [6.45, 7) is 3.91. The fraction of sp³-hybridized carbons (Fsp3) is 0.538. The monoisotopic (exact) mass is 224 g/mol. The number of aliphatic hydroxyl groups excluding tert-OH is 1. The normalized spacial score (nSPS) is 13.6. The van der Waals surface area contributed by atoms with Gasteiger partial charge in [0.1, 0.15) is 5.75 Å². The van der Waals surface area contributed by atoms with Crippen molar-refractivity contribution in [2.24, 2.45) is 0 Å². The van der Waals surface area contributed by atoms with Gasteiger partial charge in [-0.1, -0.05) is 12.1 Å². The van der Waals surface area contributed by atoms with Crippen LogP contribution in [0.1, 0.15) is 31.9 Å². The minimum absolute atomic E-state index is 0.331. The molecule has 0 bridgehead atoms. The van der Waals surface area contributed by atoms with Crippen LogP contribution in [0.5, 0.6) is 5.75 Å². The van der Waals surface area contributed by atoms with E-state index in [1.54, 1.807) is 14.2 Å². The van der Waals surface area contributed by atoms with Crippen LogP contribution in [-0.4, -0.2) is 24.9 Å². The molecule has 3 heteroatoms. The molecule has 0 radical (unpaired) electrons. The van der Waals surface area contributed by atoms with Crippen LogP contribution >= 0.6 is 0 Å². The number of benzene rings is 1. The molecule has 0 saturated carbocycles. The van der Waals surface area contributed by atoms with Crippen molar-refractivity contribution in [3.63, 3.8) is 0 Å². The summed E-state index contributed by atoms with van der Waals surface area (Å²) in [6.07, 6.45) is 0.0153. The molecule has 90 valence electrons. The molecule has 1 N–H and O–H groups in total. The lowest BCUT2D eigenvalue weighted by atomic mass is 9.96. The van der Waals surface area contributed by atoms with E-state index < -0.39 is 6.10 Å².